The molecule has 2 N–H and O–H groups in total. The maximum atomic E-state index is 6.23. The van der Waals surface area contributed by atoms with E-state index in [9.17, 15) is 0 Å². The molecule has 2 atom stereocenters. The number of aromatic nitrogens is 1. The molecule has 16 heavy (non-hydrogen) atoms. The molecule has 1 fully saturated rings. The van der Waals surface area contributed by atoms with Crippen molar-refractivity contribution >= 4 is 15.9 Å². The molecule has 0 bridgehead atoms. The summed E-state index contributed by atoms with van der Waals surface area (Å²) in [6, 6.07) is 2.09. The standard InChI is InChI=1S/C12H17BrN2O/c1-12(3-2-4-16-12)11(14)6-9-5-10(13)8-15-7-9/h5,7-8,11H,2-4,6,14H2,1H3. The maximum absolute atomic E-state index is 6.23. The molecule has 1 saturated heterocycles. The molecule has 0 radical (unpaired) electrons. The Labute approximate surface area is 105 Å². The van der Waals surface area contributed by atoms with Gasteiger partial charge in [-0.1, -0.05) is 0 Å². The number of ether oxygens (including phenoxy) is 1. The van der Waals surface area contributed by atoms with Gasteiger partial charge in [0.1, 0.15) is 0 Å². The first-order valence-corrected chi connectivity index (χ1v) is 6.38. The van der Waals surface area contributed by atoms with Crippen LogP contribution in [-0.2, 0) is 11.2 Å². The molecular weight excluding hydrogens is 268 g/mol. The van der Waals surface area contributed by atoms with Crippen LogP contribution < -0.4 is 5.73 Å². The summed E-state index contributed by atoms with van der Waals surface area (Å²) in [5.41, 5.74) is 7.21. The summed E-state index contributed by atoms with van der Waals surface area (Å²) in [6.07, 6.45) is 6.62. The van der Waals surface area contributed by atoms with E-state index in [4.69, 9.17) is 10.5 Å². The second-order valence-corrected chi connectivity index (χ2v) is 5.50. The van der Waals surface area contributed by atoms with Crippen LogP contribution in [0.15, 0.2) is 22.9 Å². The van der Waals surface area contributed by atoms with E-state index in [0.717, 1.165) is 35.9 Å². The summed E-state index contributed by atoms with van der Waals surface area (Å²) in [6.45, 7) is 2.94. The lowest BCUT2D eigenvalue weighted by Gasteiger charge is -2.30. The van der Waals surface area contributed by atoms with E-state index in [1.54, 1.807) is 6.20 Å². The first-order valence-electron chi connectivity index (χ1n) is 5.59. The van der Waals surface area contributed by atoms with Gasteiger partial charge in [-0.05, 0) is 53.7 Å². The highest BCUT2D eigenvalue weighted by Gasteiger charge is 2.36. The Hall–Kier alpha value is -0.450. The number of rotatable bonds is 3. The van der Waals surface area contributed by atoms with Gasteiger partial charge in [0.05, 0.1) is 5.60 Å². The SMILES string of the molecule is CC1(C(N)Cc2cncc(Br)c2)CCCO1. The van der Waals surface area contributed by atoms with Gasteiger partial charge in [-0.25, -0.2) is 0 Å². The first-order chi connectivity index (χ1) is 7.60. The predicted molar refractivity (Wildman–Crippen MR) is 67.2 cm³/mol. The Bertz CT molecular complexity index is 364. The third-order valence-electron chi connectivity index (χ3n) is 3.25. The maximum Gasteiger partial charge on any atom is 0.0808 e. The van der Waals surface area contributed by atoms with Crippen molar-refractivity contribution in [2.75, 3.05) is 6.61 Å². The van der Waals surface area contributed by atoms with E-state index >= 15 is 0 Å². The van der Waals surface area contributed by atoms with Crippen LogP contribution in [0.1, 0.15) is 25.3 Å². The fourth-order valence-corrected chi connectivity index (χ4v) is 2.54. The van der Waals surface area contributed by atoms with Gasteiger partial charge in [0, 0.05) is 29.5 Å². The summed E-state index contributed by atoms with van der Waals surface area (Å²) < 4.78 is 6.74. The van der Waals surface area contributed by atoms with Crippen LogP contribution in [-0.4, -0.2) is 23.2 Å². The number of hydrogen-bond donors (Lipinski definition) is 1. The minimum Gasteiger partial charge on any atom is -0.374 e. The molecule has 4 heteroatoms. The Morgan fingerprint density at radius 2 is 2.44 bits per heavy atom. The topological polar surface area (TPSA) is 48.1 Å². The van der Waals surface area contributed by atoms with Crippen LogP contribution in [0.5, 0.6) is 0 Å². The van der Waals surface area contributed by atoms with E-state index in [0.29, 0.717) is 0 Å². The van der Waals surface area contributed by atoms with Gasteiger partial charge in [-0.2, -0.15) is 0 Å². The van der Waals surface area contributed by atoms with Crippen LogP contribution in [0.2, 0.25) is 0 Å². The van der Waals surface area contributed by atoms with Gasteiger partial charge >= 0.3 is 0 Å². The molecule has 3 nitrogen and oxygen atoms in total. The lowest BCUT2D eigenvalue weighted by molar-refractivity contribution is -0.000922. The summed E-state index contributed by atoms with van der Waals surface area (Å²) in [5, 5.41) is 0. The Morgan fingerprint density at radius 3 is 3.06 bits per heavy atom. The summed E-state index contributed by atoms with van der Waals surface area (Å²) in [4.78, 5) is 4.14. The van der Waals surface area contributed by atoms with E-state index < -0.39 is 0 Å². The highest BCUT2D eigenvalue weighted by Crippen LogP contribution is 2.29. The smallest absolute Gasteiger partial charge is 0.0808 e. The molecule has 0 aromatic carbocycles. The molecular formula is C12H17BrN2O. The average molecular weight is 285 g/mol. The molecule has 2 heterocycles. The number of nitrogens with two attached hydrogens (primary N) is 1. The quantitative estimate of drug-likeness (QED) is 0.927. The van der Waals surface area contributed by atoms with E-state index in [2.05, 4.69) is 33.9 Å². The second-order valence-electron chi connectivity index (χ2n) is 4.59. The second kappa shape index (κ2) is 4.82. The zero-order chi connectivity index (χ0) is 11.6. The fourth-order valence-electron chi connectivity index (χ4n) is 2.13. The van der Waals surface area contributed by atoms with Gasteiger partial charge in [0.15, 0.2) is 0 Å². The highest BCUT2D eigenvalue weighted by molar-refractivity contribution is 9.10. The molecule has 1 aromatic rings. The largest absolute Gasteiger partial charge is 0.374 e. The van der Waals surface area contributed by atoms with Crippen molar-refractivity contribution in [3.63, 3.8) is 0 Å². The van der Waals surface area contributed by atoms with Crippen molar-refractivity contribution in [2.24, 2.45) is 5.73 Å². The summed E-state index contributed by atoms with van der Waals surface area (Å²) in [7, 11) is 0. The lowest BCUT2D eigenvalue weighted by atomic mass is 9.89. The molecule has 2 rings (SSSR count). The Kier molecular flexibility index (Phi) is 3.62. The molecule has 0 spiro atoms. The Balaban J connectivity index is 2.04. The van der Waals surface area contributed by atoms with Crippen molar-refractivity contribution in [3.05, 3.63) is 28.5 Å². The molecule has 0 aliphatic carbocycles. The molecule has 1 aromatic heterocycles. The van der Waals surface area contributed by atoms with Crippen molar-refractivity contribution in [3.8, 4) is 0 Å². The molecule has 88 valence electrons. The van der Waals surface area contributed by atoms with Crippen LogP contribution >= 0.6 is 15.9 Å². The zero-order valence-electron chi connectivity index (χ0n) is 9.45. The number of pyridine rings is 1. The van der Waals surface area contributed by atoms with E-state index in [-0.39, 0.29) is 11.6 Å². The lowest BCUT2D eigenvalue weighted by Crippen LogP contribution is -2.46. The van der Waals surface area contributed by atoms with E-state index in [1.165, 1.54) is 0 Å². The van der Waals surface area contributed by atoms with Crippen molar-refractivity contribution in [2.45, 2.75) is 37.8 Å². The van der Waals surface area contributed by atoms with Gasteiger partial charge < -0.3 is 10.5 Å². The summed E-state index contributed by atoms with van der Waals surface area (Å²) >= 11 is 3.41. The van der Waals surface area contributed by atoms with Crippen molar-refractivity contribution in [1.82, 2.24) is 4.98 Å². The third-order valence-corrected chi connectivity index (χ3v) is 3.68. The summed E-state index contributed by atoms with van der Waals surface area (Å²) in [5.74, 6) is 0. The van der Waals surface area contributed by atoms with Gasteiger partial charge in [0.25, 0.3) is 0 Å². The van der Waals surface area contributed by atoms with Crippen LogP contribution in [0.3, 0.4) is 0 Å². The van der Waals surface area contributed by atoms with Gasteiger partial charge in [-0.15, -0.1) is 0 Å². The molecule has 2 unspecified atom stereocenters. The number of nitrogens with zero attached hydrogens (tertiary/aromatic N) is 1. The van der Waals surface area contributed by atoms with Gasteiger partial charge in [-0.3, -0.25) is 4.98 Å². The molecule has 0 amide bonds. The number of halogens is 1. The molecule has 1 aliphatic rings. The molecule has 0 saturated carbocycles. The predicted octanol–water partition coefficient (Wildman–Crippen LogP) is 2.28. The van der Waals surface area contributed by atoms with Crippen LogP contribution in [0.25, 0.3) is 0 Å². The first kappa shape index (κ1) is 12.0. The minimum absolute atomic E-state index is 0.0334. The third kappa shape index (κ3) is 2.62. The van der Waals surface area contributed by atoms with Crippen molar-refractivity contribution < 1.29 is 4.74 Å². The average Bonchev–Trinajstić information content (AvgIpc) is 2.66. The number of hydrogen-bond acceptors (Lipinski definition) is 3. The monoisotopic (exact) mass is 284 g/mol. The fraction of sp³-hybridized carbons (Fsp3) is 0.583. The highest BCUT2D eigenvalue weighted by atomic mass is 79.9. The van der Waals surface area contributed by atoms with Gasteiger partial charge in [0.2, 0.25) is 0 Å². The van der Waals surface area contributed by atoms with Crippen molar-refractivity contribution in [1.29, 1.82) is 0 Å². The normalized spacial score (nSPS) is 26.9. The van der Waals surface area contributed by atoms with Crippen LogP contribution in [0.4, 0.5) is 0 Å². The van der Waals surface area contributed by atoms with E-state index in [1.807, 2.05) is 6.20 Å². The van der Waals surface area contributed by atoms with Crippen LogP contribution in [0, 0.1) is 0 Å². The molecule has 1 aliphatic heterocycles. The zero-order valence-corrected chi connectivity index (χ0v) is 11.0. The Morgan fingerprint density at radius 1 is 1.62 bits per heavy atom. The minimum atomic E-state index is -0.164.